The highest BCUT2D eigenvalue weighted by Gasteiger charge is 1.75. The van der Waals surface area contributed by atoms with Crippen molar-refractivity contribution >= 4 is 0 Å². The molecule has 0 spiro atoms. The molecule has 0 bridgehead atoms. The number of aromatic nitrogens is 6. The molecule has 0 aliphatic heterocycles. The van der Waals surface area contributed by atoms with Crippen molar-refractivity contribution in [2.75, 3.05) is 0 Å². The Labute approximate surface area is 153 Å². The van der Waals surface area contributed by atoms with Crippen LogP contribution in [-0.4, -0.2) is 29.9 Å². The van der Waals surface area contributed by atoms with Crippen LogP contribution >= 0.6 is 0 Å². The number of nitrogens with zero attached hydrogens (tertiary/aromatic N) is 4. The fourth-order valence-electron chi connectivity index (χ4n) is 1.04. The van der Waals surface area contributed by atoms with E-state index in [4.69, 9.17) is 0 Å². The topological polar surface area (TPSA) is 83.1 Å². The number of H-pyrrole nitrogens is 2. The summed E-state index contributed by atoms with van der Waals surface area (Å²) >= 11 is 0. The molecule has 0 saturated heterocycles. The molecule has 0 aromatic carbocycles. The Balaban J connectivity index is -0.000000253. The molecular formula is C19H36N6. The minimum Gasteiger partial charge on any atom is -0.349 e. The van der Waals surface area contributed by atoms with Gasteiger partial charge >= 0.3 is 0 Å². The first-order chi connectivity index (χ1) is 12.2. The first kappa shape index (κ1) is 27.4. The summed E-state index contributed by atoms with van der Waals surface area (Å²) in [4.78, 5) is 21.1. The summed E-state index contributed by atoms with van der Waals surface area (Å²) < 4.78 is 0. The number of aromatic amines is 2. The van der Waals surface area contributed by atoms with Crippen molar-refractivity contribution in [2.24, 2.45) is 0 Å². The monoisotopic (exact) mass is 348 g/mol. The minimum absolute atomic E-state index is 0.961. The van der Waals surface area contributed by atoms with Crippen LogP contribution in [0.15, 0.2) is 43.5 Å². The highest BCUT2D eigenvalue weighted by atomic mass is 14.9. The molecule has 0 aliphatic carbocycles. The minimum atomic E-state index is 0.961. The van der Waals surface area contributed by atoms with Gasteiger partial charge in [-0.15, -0.1) is 0 Å². The fraction of sp³-hybridized carbons (Fsp3) is 0.474. The summed E-state index contributed by atoms with van der Waals surface area (Å²) in [7, 11) is 0. The van der Waals surface area contributed by atoms with Crippen LogP contribution in [0.2, 0.25) is 0 Å². The van der Waals surface area contributed by atoms with E-state index < -0.39 is 0 Å². The summed E-state index contributed by atoms with van der Waals surface area (Å²) in [6.45, 7) is 17.8. The van der Waals surface area contributed by atoms with Gasteiger partial charge in [-0.1, -0.05) is 41.5 Å². The van der Waals surface area contributed by atoms with Gasteiger partial charge < -0.3 is 9.97 Å². The van der Waals surface area contributed by atoms with Crippen LogP contribution in [0.5, 0.6) is 0 Å². The smallest absolute Gasteiger partial charge is 0.102 e. The highest BCUT2D eigenvalue weighted by Crippen LogP contribution is 1.81. The van der Waals surface area contributed by atoms with Crippen LogP contribution in [0.4, 0.5) is 0 Å². The summed E-state index contributed by atoms with van der Waals surface area (Å²) in [5.74, 6) is 0.968. The van der Waals surface area contributed by atoms with E-state index in [0.717, 1.165) is 17.2 Å². The molecule has 0 saturated carbocycles. The molecule has 0 unspecified atom stereocenters. The zero-order valence-corrected chi connectivity index (χ0v) is 17.3. The average Bonchev–Trinajstić information content (AvgIpc) is 3.35. The maximum absolute atomic E-state index is 3.92. The van der Waals surface area contributed by atoms with E-state index in [2.05, 4.69) is 29.9 Å². The van der Waals surface area contributed by atoms with Crippen molar-refractivity contribution in [1.82, 2.24) is 29.9 Å². The molecule has 6 nitrogen and oxygen atoms in total. The predicted octanol–water partition coefficient (Wildman–Crippen LogP) is 5.30. The van der Waals surface area contributed by atoms with Gasteiger partial charge in [0.1, 0.15) is 5.82 Å². The largest absolute Gasteiger partial charge is 0.349 e. The number of hydrogen-bond donors (Lipinski definition) is 2. The lowest BCUT2D eigenvalue weighted by atomic mass is 10.5. The summed E-state index contributed by atoms with van der Waals surface area (Å²) in [5, 5.41) is 0. The van der Waals surface area contributed by atoms with Gasteiger partial charge in [0.25, 0.3) is 0 Å². The molecule has 0 amide bonds. The Kier molecular flexibility index (Phi) is 26.0. The first-order valence-corrected chi connectivity index (χ1v) is 8.82. The van der Waals surface area contributed by atoms with Gasteiger partial charge in [0.05, 0.1) is 12.0 Å². The lowest BCUT2D eigenvalue weighted by Gasteiger charge is -1.81. The van der Waals surface area contributed by atoms with Gasteiger partial charge in [-0.25, -0.2) is 9.97 Å². The SMILES string of the molecule is CC.CC.CC.Cc1cnc[nH]1.Cc1cnccn1.Cc1ncc[nH]1. The van der Waals surface area contributed by atoms with Crippen LogP contribution in [0.1, 0.15) is 58.8 Å². The molecule has 3 aromatic heterocycles. The summed E-state index contributed by atoms with van der Waals surface area (Å²) in [6.07, 6.45) is 12.0. The standard InChI is InChI=1S/C5H6N2.2C4H6N2.3C2H6/c1-5-4-6-2-3-7-5;1-4-2-5-3-6-4;1-4-5-2-3-6-4;3*1-2/h2-4H,1H3;2*2-3H,1H3,(H,5,6);3*1-2H3. The Morgan fingerprint density at radius 3 is 1.48 bits per heavy atom. The maximum Gasteiger partial charge on any atom is 0.102 e. The molecule has 0 fully saturated rings. The number of rotatable bonds is 0. The normalized spacial score (nSPS) is 7.40. The predicted molar refractivity (Wildman–Crippen MR) is 107 cm³/mol. The number of nitrogens with one attached hydrogen (secondary N) is 2. The van der Waals surface area contributed by atoms with E-state index in [1.54, 1.807) is 43.5 Å². The molecule has 0 aliphatic rings. The van der Waals surface area contributed by atoms with Crippen LogP contribution in [0, 0.1) is 20.8 Å². The Bertz CT molecular complexity index is 486. The van der Waals surface area contributed by atoms with Crippen molar-refractivity contribution in [3.8, 4) is 0 Å². The van der Waals surface area contributed by atoms with Crippen molar-refractivity contribution < 1.29 is 0 Å². The quantitative estimate of drug-likeness (QED) is 0.577. The van der Waals surface area contributed by atoms with E-state index in [1.807, 2.05) is 62.3 Å². The number of aryl methyl sites for hydroxylation is 3. The van der Waals surface area contributed by atoms with Gasteiger partial charge in [0.15, 0.2) is 0 Å². The van der Waals surface area contributed by atoms with Crippen molar-refractivity contribution in [3.63, 3.8) is 0 Å². The Morgan fingerprint density at radius 1 is 0.680 bits per heavy atom. The number of hydrogen-bond acceptors (Lipinski definition) is 4. The lowest BCUT2D eigenvalue weighted by Crippen LogP contribution is -1.77. The number of imidazole rings is 2. The molecule has 3 aromatic rings. The van der Waals surface area contributed by atoms with Gasteiger partial charge in [-0.2, -0.15) is 0 Å². The third-order valence-electron chi connectivity index (χ3n) is 1.96. The molecular weight excluding hydrogens is 312 g/mol. The maximum atomic E-state index is 3.92. The van der Waals surface area contributed by atoms with Crippen LogP contribution in [-0.2, 0) is 0 Å². The van der Waals surface area contributed by atoms with Crippen LogP contribution < -0.4 is 0 Å². The fourth-order valence-corrected chi connectivity index (χ4v) is 1.04. The molecule has 0 atom stereocenters. The molecule has 0 radical (unpaired) electrons. The molecule has 6 heteroatoms. The van der Waals surface area contributed by atoms with Gasteiger partial charge in [0.2, 0.25) is 0 Å². The van der Waals surface area contributed by atoms with Crippen LogP contribution in [0.3, 0.4) is 0 Å². The van der Waals surface area contributed by atoms with E-state index in [1.165, 1.54) is 0 Å². The van der Waals surface area contributed by atoms with Crippen molar-refractivity contribution in [1.29, 1.82) is 0 Å². The van der Waals surface area contributed by atoms with Crippen molar-refractivity contribution in [2.45, 2.75) is 62.3 Å². The molecule has 3 heterocycles. The van der Waals surface area contributed by atoms with Gasteiger partial charge in [-0.05, 0) is 20.8 Å². The van der Waals surface area contributed by atoms with Gasteiger partial charge in [0, 0.05) is 42.9 Å². The third kappa shape index (κ3) is 21.5. The second-order valence-corrected chi connectivity index (χ2v) is 3.76. The molecule has 3 rings (SSSR count). The highest BCUT2D eigenvalue weighted by molar-refractivity contribution is 4.89. The van der Waals surface area contributed by atoms with Crippen molar-refractivity contribution in [3.05, 3.63) is 60.7 Å². The Morgan fingerprint density at radius 2 is 1.32 bits per heavy atom. The van der Waals surface area contributed by atoms with E-state index in [0.29, 0.717) is 0 Å². The molecule has 142 valence electrons. The van der Waals surface area contributed by atoms with E-state index in [-0.39, 0.29) is 0 Å². The van der Waals surface area contributed by atoms with E-state index in [9.17, 15) is 0 Å². The Hall–Kier alpha value is -2.50. The zero-order chi connectivity index (χ0) is 19.9. The second kappa shape index (κ2) is 23.8. The first-order valence-electron chi connectivity index (χ1n) is 8.82. The lowest BCUT2D eigenvalue weighted by molar-refractivity contribution is 1.12. The van der Waals surface area contributed by atoms with E-state index >= 15 is 0 Å². The third-order valence-corrected chi connectivity index (χ3v) is 1.96. The second-order valence-electron chi connectivity index (χ2n) is 3.76. The average molecular weight is 349 g/mol. The van der Waals surface area contributed by atoms with Gasteiger partial charge in [-0.3, -0.25) is 9.97 Å². The zero-order valence-electron chi connectivity index (χ0n) is 17.3. The molecule has 25 heavy (non-hydrogen) atoms. The summed E-state index contributed by atoms with van der Waals surface area (Å²) in [6, 6.07) is 0. The summed E-state index contributed by atoms with van der Waals surface area (Å²) in [5.41, 5.74) is 2.07. The van der Waals surface area contributed by atoms with Crippen LogP contribution in [0.25, 0.3) is 0 Å². The molecule has 2 N–H and O–H groups in total.